The van der Waals surface area contributed by atoms with Gasteiger partial charge in [-0.1, -0.05) is 36.4 Å². The molecule has 0 fully saturated rings. The molecule has 0 radical (unpaired) electrons. The number of hydrogen-bond donors (Lipinski definition) is 0. The van der Waals surface area contributed by atoms with Gasteiger partial charge in [-0.3, -0.25) is 0 Å². The van der Waals surface area contributed by atoms with Crippen molar-refractivity contribution in [3.8, 4) is 11.5 Å². The highest BCUT2D eigenvalue weighted by Gasteiger charge is 2.42. The first kappa shape index (κ1) is 19.1. The van der Waals surface area contributed by atoms with Gasteiger partial charge in [0.2, 0.25) is 6.10 Å². The largest absolute Gasteiger partial charge is 0.573 e. The Labute approximate surface area is 151 Å². The van der Waals surface area contributed by atoms with Crippen molar-refractivity contribution in [2.75, 3.05) is 0 Å². The molecule has 1 aliphatic heterocycles. The number of fused-ring (bicyclic) bond motifs is 1. The van der Waals surface area contributed by atoms with Crippen molar-refractivity contribution in [1.29, 1.82) is 0 Å². The molecule has 1 heterocycles. The summed E-state index contributed by atoms with van der Waals surface area (Å²) in [5, 5.41) is 0. The molecule has 0 spiro atoms. The minimum absolute atomic E-state index is 0.0784. The Bertz CT molecular complexity index is 825. The number of aryl methyl sites for hydroxylation is 2. The van der Waals surface area contributed by atoms with Gasteiger partial charge in [-0.05, 0) is 42.2 Å². The molecule has 2 aromatic rings. The van der Waals surface area contributed by atoms with E-state index in [9.17, 15) is 26.3 Å². The van der Waals surface area contributed by atoms with E-state index in [4.69, 9.17) is 4.74 Å². The van der Waals surface area contributed by atoms with E-state index in [2.05, 4.69) is 4.74 Å². The van der Waals surface area contributed by atoms with Crippen LogP contribution in [-0.4, -0.2) is 18.6 Å². The zero-order chi connectivity index (χ0) is 19.7. The fourth-order valence-corrected chi connectivity index (χ4v) is 2.79. The van der Waals surface area contributed by atoms with Gasteiger partial charge in [0, 0.05) is 5.56 Å². The predicted octanol–water partition coefficient (Wildman–Crippen LogP) is 5.71. The van der Waals surface area contributed by atoms with Gasteiger partial charge in [-0.15, -0.1) is 13.2 Å². The maximum Gasteiger partial charge on any atom is 0.573 e. The first-order valence-corrected chi connectivity index (χ1v) is 8.00. The molecule has 1 atom stereocenters. The highest BCUT2D eigenvalue weighted by atomic mass is 19.4. The quantitative estimate of drug-likeness (QED) is 0.625. The molecule has 0 saturated heterocycles. The molecular formula is C19H14F6O2. The minimum Gasteiger partial charge on any atom is -0.476 e. The molecule has 3 rings (SSSR count). The second-order valence-corrected chi connectivity index (χ2v) is 5.97. The number of halogens is 6. The second kappa shape index (κ2) is 7.17. The van der Waals surface area contributed by atoms with Gasteiger partial charge < -0.3 is 9.47 Å². The van der Waals surface area contributed by atoms with E-state index in [0.717, 1.165) is 29.8 Å². The lowest BCUT2D eigenvalue weighted by atomic mass is 9.98. The number of ether oxygens (including phenoxy) is 2. The average molecular weight is 388 g/mol. The summed E-state index contributed by atoms with van der Waals surface area (Å²) in [6.07, 6.45) is -9.18. The Kier molecular flexibility index (Phi) is 5.08. The standard InChI is InChI=1S/C19H14F6O2/c20-18(21,22)16-9-8-14-11-15(27-19(23,24)25)10-13(17(14)26-16)7-6-12-4-2-1-3-5-12/h1-5,8-11,16H,6-7H2. The van der Waals surface area contributed by atoms with Crippen molar-refractivity contribution >= 4 is 6.08 Å². The van der Waals surface area contributed by atoms with Crippen LogP contribution in [-0.2, 0) is 12.8 Å². The maximum atomic E-state index is 13.0. The van der Waals surface area contributed by atoms with Crippen LogP contribution in [0.25, 0.3) is 6.08 Å². The Hall–Kier alpha value is -2.64. The zero-order valence-corrected chi connectivity index (χ0v) is 13.8. The molecule has 2 aromatic carbocycles. The third-order valence-electron chi connectivity index (χ3n) is 3.95. The molecule has 0 saturated carbocycles. The van der Waals surface area contributed by atoms with E-state index in [1.54, 1.807) is 12.1 Å². The number of alkyl halides is 6. The van der Waals surface area contributed by atoms with Crippen molar-refractivity contribution in [3.63, 3.8) is 0 Å². The van der Waals surface area contributed by atoms with Crippen LogP contribution in [0.5, 0.6) is 11.5 Å². The molecular weight excluding hydrogens is 374 g/mol. The van der Waals surface area contributed by atoms with E-state index in [0.29, 0.717) is 6.42 Å². The Morgan fingerprint density at radius 3 is 2.26 bits per heavy atom. The van der Waals surface area contributed by atoms with Crippen LogP contribution in [0.2, 0.25) is 0 Å². The van der Waals surface area contributed by atoms with E-state index in [1.165, 1.54) is 0 Å². The topological polar surface area (TPSA) is 18.5 Å². The summed E-state index contributed by atoms with van der Waals surface area (Å²) in [5.41, 5.74) is 1.22. The number of hydrogen-bond acceptors (Lipinski definition) is 2. The molecule has 2 nitrogen and oxygen atoms in total. The molecule has 144 valence electrons. The molecule has 27 heavy (non-hydrogen) atoms. The third kappa shape index (κ3) is 4.96. The zero-order valence-electron chi connectivity index (χ0n) is 13.8. The van der Waals surface area contributed by atoms with E-state index in [1.807, 2.05) is 18.2 Å². The lowest BCUT2D eigenvalue weighted by molar-refractivity contribution is -0.274. The van der Waals surface area contributed by atoms with Crippen LogP contribution >= 0.6 is 0 Å². The van der Waals surface area contributed by atoms with Crippen LogP contribution in [0.1, 0.15) is 16.7 Å². The van der Waals surface area contributed by atoms with Gasteiger partial charge in [-0.2, -0.15) is 13.2 Å². The van der Waals surface area contributed by atoms with Crippen molar-refractivity contribution in [2.45, 2.75) is 31.5 Å². The summed E-state index contributed by atoms with van der Waals surface area (Å²) in [7, 11) is 0. The summed E-state index contributed by atoms with van der Waals surface area (Å²) in [6.45, 7) is 0. The summed E-state index contributed by atoms with van der Waals surface area (Å²) < 4.78 is 85.6. The first-order valence-electron chi connectivity index (χ1n) is 8.00. The van der Waals surface area contributed by atoms with Gasteiger partial charge in [0.15, 0.2) is 0 Å². The lowest BCUT2D eigenvalue weighted by Crippen LogP contribution is -2.34. The lowest BCUT2D eigenvalue weighted by Gasteiger charge is -2.26. The summed E-state index contributed by atoms with van der Waals surface area (Å²) in [4.78, 5) is 0. The predicted molar refractivity (Wildman–Crippen MR) is 86.5 cm³/mol. The summed E-state index contributed by atoms with van der Waals surface area (Å²) in [6, 6.07) is 11.1. The highest BCUT2D eigenvalue weighted by molar-refractivity contribution is 5.65. The molecule has 0 aliphatic carbocycles. The van der Waals surface area contributed by atoms with E-state index < -0.39 is 24.4 Å². The third-order valence-corrected chi connectivity index (χ3v) is 3.95. The van der Waals surface area contributed by atoms with Crippen molar-refractivity contribution < 1.29 is 35.8 Å². The SMILES string of the molecule is FC(F)(F)Oc1cc2c(c(CCc3ccccc3)c1)OC(C(F)(F)F)C=C2. The minimum atomic E-state index is -4.90. The van der Waals surface area contributed by atoms with E-state index >= 15 is 0 Å². The van der Waals surface area contributed by atoms with Crippen LogP contribution in [0.15, 0.2) is 48.5 Å². The number of rotatable bonds is 4. The Balaban J connectivity index is 1.93. The molecule has 8 heteroatoms. The van der Waals surface area contributed by atoms with Gasteiger partial charge in [-0.25, -0.2) is 0 Å². The van der Waals surface area contributed by atoms with Crippen LogP contribution in [0, 0.1) is 0 Å². The maximum absolute atomic E-state index is 13.0. The summed E-state index contributed by atoms with van der Waals surface area (Å²) >= 11 is 0. The fraction of sp³-hybridized carbons (Fsp3) is 0.263. The normalized spacial score (nSPS) is 16.6. The van der Waals surface area contributed by atoms with Gasteiger partial charge >= 0.3 is 12.5 Å². The molecule has 0 amide bonds. The highest BCUT2D eigenvalue weighted by Crippen LogP contribution is 2.39. The van der Waals surface area contributed by atoms with Crippen LogP contribution in [0.3, 0.4) is 0 Å². The molecule has 0 N–H and O–H groups in total. The molecule has 0 bridgehead atoms. The van der Waals surface area contributed by atoms with Gasteiger partial charge in [0.05, 0.1) is 0 Å². The van der Waals surface area contributed by atoms with Crippen molar-refractivity contribution in [3.05, 3.63) is 65.2 Å². The number of benzene rings is 2. The molecule has 0 aromatic heterocycles. The van der Waals surface area contributed by atoms with Crippen molar-refractivity contribution in [1.82, 2.24) is 0 Å². The Morgan fingerprint density at radius 2 is 1.63 bits per heavy atom. The van der Waals surface area contributed by atoms with Crippen LogP contribution < -0.4 is 9.47 Å². The first-order chi connectivity index (χ1) is 12.6. The van der Waals surface area contributed by atoms with Crippen molar-refractivity contribution in [2.24, 2.45) is 0 Å². The Morgan fingerprint density at radius 1 is 0.926 bits per heavy atom. The summed E-state index contributed by atoms with van der Waals surface area (Å²) in [5.74, 6) is -0.576. The smallest absolute Gasteiger partial charge is 0.476 e. The second-order valence-electron chi connectivity index (χ2n) is 5.97. The fourth-order valence-electron chi connectivity index (χ4n) is 2.79. The van der Waals surface area contributed by atoms with Crippen LogP contribution in [0.4, 0.5) is 26.3 Å². The molecule has 1 unspecified atom stereocenters. The molecule has 1 aliphatic rings. The van der Waals surface area contributed by atoms with Gasteiger partial charge in [0.25, 0.3) is 0 Å². The monoisotopic (exact) mass is 388 g/mol. The van der Waals surface area contributed by atoms with E-state index in [-0.39, 0.29) is 23.3 Å². The van der Waals surface area contributed by atoms with Gasteiger partial charge in [0.1, 0.15) is 11.5 Å². The average Bonchev–Trinajstić information content (AvgIpc) is 2.58.